The van der Waals surface area contributed by atoms with E-state index in [1.54, 1.807) is 0 Å². The van der Waals surface area contributed by atoms with Gasteiger partial charge >= 0.3 is 0 Å². The first-order valence-corrected chi connectivity index (χ1v) is 8.62. The molecule has 0 aliphatic carbocycles. The Morgan fingerprint density at radius 2 is 1.76 bits per heavy atom. The second-order valence-electron chi connectivity index (χ2n) is 6.40. The molecule has 5 nitrogen and oxygen atoms in total. The normalized spacial score (nSPS) is 17.8. The van der Waals surface area contributed by atoms with Gasteiger partial charge in [-0.15, -0.1) is 0 Å². The van der Waals surface area contributed by atoms with E-state index in [-0.39, 0.29) is 17.9 Å². The van der Waals surface area contributed by atoms with Crippen molar-refractivity contribution in [1.82, 2.24) is 4.90 Å². The molecule has 2 aromatic rings. The summed E-state index contributed by atoms with van der Waals surface area (Å²) >= 11 is 0. The summed E-state index contributed by atoms with van der Waals surface area (Å²) in [4.78, 5) is 26.0. The second kappa shape index (κ2) is 7.94. The summed E-state index contributed by atoms with van der Waals surface area (Å²) in [7, 11) is 0. The van der Waals surface area contributed by atoms with Crippen LogP contribution in [0.25, 0.3) is 0 Å². The molecule has 1 saturated heterocycles. The third-order valence-electron chi connectivity index (χ3n) is 4.58. The van der Waals surface area contributed by atoms with Crippen LogP contribution < -0.4 is 11.1 Å². The molecule has 2 amide bonds. The van der Waals surface area contributed by atoms with Crippen molar-refractivity contribution in [2.45, 2.75) is 31.8 Å². The van der Waals surface area contributed by atoms with E-state index in [4.69, 9.17) is 5.73 Å². The van der Waals surface area contributed by atoms with E-state index in [0.717, 1.165) is 37.1 Å². The lowest BCUT2D eigenvalue weighted by Crippen LogP contribution is -2.47. The lowest BCUT2D eigenvalue weighted by molar-refractivity contribution is -0.124. The van der Waals surface area contributed by atoms with Crippen LogP contribution in [0.1, 0.15) is 35.2 Å². The molecule has 5 heteroatoms. The van der Waals surface area contributed by atoms with E-state index in [9.17, 15) is 9.59 Å². The number of nitrogens with zero attached hydrogens (tertiary/aromatic N) is 1. The standard InChI is InChI=1S/C20H23N3O2/c21-19(24)18-8-4-5-13-23(18)14-15-9-11-16(12-10-15)20(25)22-17-6-2-1-3-7-17/h1-3,6-7,9-12,18H,4-5,8,13-14H2,(H2,21,24)(H,22,25). The maximum absolute atomic E-state index is 12.3. The molecule has 0 bridgehead atoms. The highest BCUT2D eigenvalue weighted by Gasteiger charge is 2.26. The Balaban J connectivity index is 1.63. The molecule has 0 spiro atoms. The topological polar surface area (TPSA) is 75.4 Å². The Hall–Kier alpha value is -2.66. The van der Waals surface area contributed by atoms with Crippen LogP contribution >= 0.6 is 0 Å². The van der Waals surface area contributed by atoms with Gasteiger partial charge in [0.15, 0.2) is 0 Å². The molecule has 1 fully saturated rings. The van der Waals surface area contributed by atoms with Crippen molar-refractivity contribution < 1.29 is 9.59 Å². The molecule has 0 saturated carbocycles. The van der Waals surface area contributed by atoms with Crippen LogP contribution in [-0.2, 0) is 11.3 Å². The molecular weight excluding hydrogens is 314 g/mol. The number of benzene rings is 2. The fourth-order valence-corrected chi connectivity index (χ4v) is 3.22. The van der Waals surface area contributed by atoms with Crippen LogP contribution in [0.5, 0.6) is 0 Å². The largest absolute Gasteiger partial charge is 0.368 e. The monoisotopic (exact) mass is 337 g/mol. The number of nitrogens with one attached hydrogen (secondary N) is 1. The number of carbonyl (C=O) groups is 2. The minimum Gasteiger partial charge on any atom is -0.368 e. The smallest absolute Gasteiger partial charge is 0.255 e. The summed E-state index contributed by atoms with van der Waals surface area (Å²) in [6, 6.07) is 16.7. The van der Waals surface area contributed by atoms with Crippen molar-refractivity contribution in [2.75, 3.05) is 11.9 Å². The maximum atomic E-state index is 12.3. The van der Waals surface area contributed by atoms with Crippen molar-refractivity contribution in [2.24, 2.45) is 5.73 Å². The molecule has 1 unspecified atom stereocenters. The number of para-hydroxylation sites is 1. The molecular formula is C20H23N3O2. The number of hydrogen-bond donors (Lipinski definition) is 2. The molecule has 0 aromatic heterocycles. The van der Waals surface area contributed by atoms with Crippen LogP contribution in [0.2, 0.25) is 0 Å². The van der Waals surface area contributed by atoms with E-state index < -0.39 is 0 Å². The molecule has 0 radical (unpaired) electrons. The molecule has 1 atom stereocenters. The molecule has 1 aliphatic rings. The minimum absolute atomic E-state index is 0.134. The van der Waals surface area contributed by atoms with Crippen LogP contribution in [0, 0.1) is 0 Å². The van der Waals surface area contributed by atoms with Crippen molar-refractivity contribution >= 4 is 17.5 Å². The van der Waals surface area contributed by atoms with Gasteiger partial charge in [-0.25, -0.2) is 0 Å². The van der Waals surface area contributed by atoms with E-state index in [2.05, 4.69) is 10.2 Å². The molecule has 130 valence electrons. The summed E-state index contributed by atoms with van der Waals surface area (Å²) in [5.74, 6) is -0.385. The number of rotatable bonds is 5. The zero-order valence-corrected chi connectivity index (χ0v) is 14.2. The number of likely N-dealkylation sites (tertiary alicyclic amines) is 1. The van der Waals surface area contributed by atoms with Gasteiger partial charge in [-0.1, -0.05) is 36.8 Å². The van der Waals surface area contributed by atoms with Gasteiger partial charge in [-0.05, 0) is 49.2 Å². The second-order valence-corrected chi connectivity index (χ2v) is 6.40. The molecule has 25 heavy (non-hydrogen) atoms. The van der Waals surface area contributed by atoms with Crippen molar-refractivity contribution in [3.8, 4) is 0 Å². The Labute approximate surface area is 147 Å². The lowest BCUT2D eigenvalue weighted by Gasteiger charge is -2.33. The van der Waals surface area contributed by atoms with E-state index in [0.29, 0.717) is 12.1 Å². The lowest BCUT2D eigenvalue weighted by atomic mass is 10.0. The van der Waals surface area contributed by atoms with Crippen LogP contribution in [-0.4, -0.2) is 29.3 Å². The third-order valence-corrected chi connectivity index (χ3v) is 4.58. The van der Waals surface area contributed by atoms with E-state index in [1.165, 1.54) is 0 Å². The number of carbonyl (C=O) groups excluding carboxylic acids is 2. The van der Waals surface area contributed by atoms with E-state index in [1.807, 2.05) is 54.6 Å². The zero-order chi connectivity index (χ0) is 17.6. The minimum atomic E-state index is -0.251. The Bertz CT molecular complexity index is 728. The van der Waals surface area contributed by atoms with Gasteiger partial charge in [0.2, 0.25) is 5.91 Å². The fourth-order valence-electron chi connectivity index (χ4n) is 3.22. The molecule has 1 aliphatic heterocycles. The third kappa shape index (κ3) is 4.45. The fraction of sp³-hybridized carbons (Fsp3) is 0.300. The number of amides is 2. The van der Waals surface area contributed by atoms with Crippen LogP contribution in [0.4, 0.5) is 5.69 Å². The van der Waals surface area contributed by atoms with E-state index >= 15 is 0 Å². The van der Waals surface area contributed by atoms with Crippen molar-refractivity contribution in [1.29, 1.82) is 0 Å². The quantitative estimate of drug-likeness (QED) is 0.881. The average Bonchev–Trinajstić information content (AvgIpc) is 2.63. The maximum Gasteiger partial charge on any atom is 0.255 e. The van der Waals surface area contributed by atoms with Gasteiger partial charge < -0.3 is 11.1 Å². The first-order chi connectivity index (χ1) is 12.1. The summed E-state index contributed by atoms with van der Waals surface area (Å²) < 4.78 is 0. The highest BCUT2D eigenvalue weighted by Crippen LogP contribution is 2.20. The van der Waals surface area contributed by atoms with Gasteiger partial charge in [0.1, 0.15) is 0 Å². The SMILES string of the molecule is NC(=O)C1CCCCN1Cc1ccc(C(=O)Nc2ccccc2)cc1. The van der Waals surface area contributed by atoms with Gasteiger partial charge in [0.05, 0.1) is 6.04 Å². The number of primary amides is 1. The van der Waals surface area contributed by atoms with Crippen LogP contribution in [0.3, 0.4) is 0 Å². The predicted octanol–water partition coefficient (Wildman–Crippen LogP) is 2.78. The summed E-state index contributed by atoms with van der Waals surface area (Å²) in [6.07, 6.45) is 2.96. The average molecular weight is 337 g/mol. The molecule has 1 heterocycles. The van der Waals surface area contributed by atoms with Crippen LogP contribution in [0.15, 0.2) is 54.6 Å². The number of anilines is 1. The number of piperidine rings is 1. The summed E-state index contributed by atoms with van der Waals surface area (Å²) in [6.45, 7) is 1.55. The van der Waals surface area contributed by atoms with Gasteiger partial charge in [0.25, 0.3) is 5.91 Å². The Morgan fingerprint density at radius 3 is 2.44 bits per heavy atom. The van der Waals surface area contributed by atoms with Gasteiger partial charge in [-0.2, -0.15) is 0 Å². The Kier molecular flexibility index (Phi) is 5.46. The summed E-state index contributed by atoms with van der Waals surface area (Å²) in [5, 5.41) is 2.87. The number of hydrogen-bond acceptors (Lipinski definition) is 3. The van der Waals surface area contributed by atoms with Gasteiger partial charge in [0, 0.05) is 17.8 Å². The molecule has 3 rings (SSSR count). The highest BCUT2D eigenvalue weighted by molar-refractivity contribution is 6.04. The first-order valence-electron chi connectivity index (χ1n) is 8.62. The highest BCUT2D eigenvalue weighted by atomic mass is 16.2. The molecule has 3 N–H and O–H groups in total. The predicted molar refractivity (Wildman–Crippen MR) is 98.1 cm³/mol. The first kappa shape index (κ1) is 17.2. The van der Waals surface area contributed by atoms with Crippen molar-refractivity contribution in [3.63, 3.8) is 0 Å². The van der Waals surface area contributed by atoms with Gasteiger partial charge in [-0.3, -0.25) is 14.5 Å². The zero-order valence-electron chi connectivity index (χ0n) is 14.2. The summed E-state index contributed by atoms with van der Waals surface area (Å²) in [5.41, 5.74) is 7.97. The Morgan fingerprint density at radius 1 is 1.04 bits per heavy atom. The van der Waals surface area contributed by atoms with Crippen molar-refractivity contribution in [3.05, 3.63) is 65.7 Å². The molecule has 2 aromatic carbocycles. The number of nitrogens with two attached hydrogens (primary N) is 1.